The maximum atomic E-state index is 12.6. The molecule has 1 heterocycles. The lowest BCUT2D eigenvalue weighted by molar-refractivity contribution is -0.320. The lowest BCUT2D eigenvalue weighted by Crippen LogP contribution is -2.58. The van der Waals surface area contributed by atoms with Gasteiger partial charge in [0.15, 0.2) is 5.79 Å². The second kappa shape index (κ2) is 9.29. The highest BCUT2D eigenvalue weighted by molar-refractivity contribution is 5.82. The van der Waals surface area contributed by atoms with Crippen LogP contribution in [0, 0.1) is 23.7 Å². The standard InChI is InChI=1S/C20H36O6/c1-8-15(21)11(4)17(22)13(6)19(23)25-18-12(5)16(9-2)26-20(24,10-3)14(18)7/h11-14,16-18,22,24H,8-10H2,1-7H3. The number of hydrogen-bond acceptors (Lipinski definition) is 6. The topological polar surface area (TPSA) is 93.1 Å². The van der Waals surface area contributed by atoms with Gasteiger partial charge in [-0.05, 0) is 19.8 Å². The van der Waals surface area contributed by atoms with Crippen LogP contribution in [0.3, 0.4) is 0 Å². The lowest BCUT2D eigenvalue weighted by atomic mass is 9.79. The highest BCUT2D eigenvalue weighted by Gasteiger charge is 2.51. The Hall–Kier alpha value is -0.980. The monoisotopic (exact) mass is 372 g/mol. The van der Waals surface area contributed by atoms with Crippen molar-refractivity contribution in [1.82, 2.24) is 0 Å². The van der Waals surface area contributed by atoms with Crippen LogP contribution in [0.4, 0.5) is 0 Å². The predicted molar refractivity (Wildman–Crippen MR) is 98.2 cm³/mol. The molecule has 1 aliphatic heterocycles. The van der Waals surface area contributed by atoms with Crippen LogP contribution in [-0.4, -0.2) is 46.1 Å². The molecule has 0 aromatic heterocycles. The van der Waals surface area contributed by atoms with E-state index in [1.807, 2.05) is 27.7 Å². The SMILES string of the molecule is CCC(=O)C(C)C(O)C(C)C(=O)OC1C(C)C(CC)OC(O)(CC)C1C. The number of aliphatic hydroxyl groups is 2. The zero-order valence-corrected chi connectivity index (χ0v) is 17.2. The van der Waals surface area contributed by atoms with Crippen molar-refractivity contribution in [3.63, 3.8) is 0 Å². The average Bonchev–Trinajstić information content (AvgIpc) is 2.65. The average molecular weight is 373 g/mol. The second-order valence-electron chi connectivity index (χ2n) is 7.70. The first-order chi connectivity index (χ1) is 12.0. The van der Waals surface area contributed by atoms with Crippen molar-refractivity contribution in [2.24, 2.45) is 23.7 Å². The number of ether oxygens (including phenoxy) is 2. The van der Waals surface area contributed by atoms with Gasteiger partial charge in [-0.1, -0.05) is 41.5 Å². The van der Waals surface area contributed by atoms with E-state index in [2.05, 4.69) is 0 Å². The van der Waals surface area contributed by atoms with Crippen LogP contribution in [0.25, 0.3) is 0 Å². The summed E-state index contributed by atoms with van der Waals surface area (Å²) in [7, 11) is 0. The Morgan fingerprint density at radius 2 is 1.73 bits per heavy atom. The fraction of sp³-hybridized carbons (Fsp3) is 0.900. The minimum atomic E-state index is -1.34. The van der Waals surface area contributed by atoms with Crippen molar-refractivity contribution in [3.8, 4) is 0 Å². The maximum absolute atomic E-state index is 12.6. The first kappa shape index (κ1) is 23.1. The number of carbonyl (C=O) groups is 2. The smallest absolute Gasteiger partial charge is 0.311 e. The van der Waals surface area contributed by atoms with Crippen molar-refractivity contribution in [2.45, 2.75) is 91.8 Å². The highest BCUT2D eigenvalue weighted by Crippen LogP contribution is 2.41. The molecule has 26 heavy (non-hydrogen) atoms. The van der Waals surface area contributed by atoms with Gasteiger partial charge in [0, 0.05) is 24.2 Å². The number of hydrogen-bond donors (Lipinski definition) is 2. The summed E-state index contributed by atoms with van der Waals surface area (Å²) in [5.74, 6) is -3.90. The quantitative estimate of drug-likeness (QED) is 0.636. The summed E-state index contributed by atoms with van der Waals surface area (Å²) in [6, 6.07) is 0. The van der Waals surface area contributed by atoms with Crippen LogP contribution in [0.15, 0.2) is 0 Å². The minimum Gasteiger partial charge on any atom is -0.461 e. The van der Waals surface area contributed by atoms with Crippen LogP contribution in [0.1, 0.15) is 67.7 Å². The summed E-state index contributed by atoms with van der Waals surface area (Å²) < 4.78 is 11.6. The highest BCUT2D eigenvalue weighted by atomic mass is 16.6. The summed E-state index contributed by atoms with van der Waals surface area (Å²) in [6.07, 6.45) is -0.411. The van der Waals surface area contributed by atoms with E-state index in [0.29, 0.717) is 19.3 Å². The molecule has 0 radical (unpaired) electrons. The molecule has 0 amide bonds. The predicted octanol–water partition coefficient (Wildman–Crippen LogP) is 2.69. The van der Waals surface area contributed by atoms with E-state index < -0.39 is 41.7 Å². The molecule has 0 spiro atoms. The van der Waals surface area contributed by atoms with Crippen molar-refractivity contribution in [1.29, 1.82) is 0 Å². The van der Waals surface area contributed by atoms with Gasteiger partial charge in [0.1, 0.15) is 11.9 Å². The van der Waals surface area contributed by atoms with E-state index in [0.717, 1.165) is 0 Å². The molecular formula is C20H36O6. The molecule has 0 aromatic rings. The molecule has 0 aliphatic carbocycles. The molecule has 8 unspecified atom stereocenters. The molecule has 0 bridgehead atoms. The van der Waals surface area contributed by atoms with Crippen molar-refractivity contribution in [3.05, 3.63) is 0 Å². The molecule has 152 valence electrons. The minimum absolute atomic E-state index is 0.0789. The van der Waals surface area contributed by atoms with Gasteiger partial charge in [-0.2, -0.15) is 0 Å². The number of Topliss-reactive ketones (excluding diaryl/α,β-unsaturated/α-hetero) is 1. The Balaban J connectivity index is 2.92. The Kier molecular flexibility index (Phi) is 8.24. The number of aliphatic hydroxyl groups excluding tert-OH is 1. The first-order valence-electron chi connectivity index (χ1n) is 9.85. The van der Waals surface area contributed by atoms with Gasteiger partial charge in [-0.25, -0.2) is 0 Å². The summed E-state index contributed by atoms with van der Waals surface area (Å²) >= 11 is 0. The van der Waals surface area contributed by atoms with Gasteiger partial charge in [0.05, 0.1) is 18.1 Å². The molecule has 1 rings (SSSR count). The number of esters is 1. The molecule has 2 N–H and O–H groups in total. The van der Waals surface area contributed by atoms with Crippen LogP contribution in [0.2, 0.25) is 0 Å². The molecular weight excluding hydrogens is 336 g/mol. The number of ketones is 1. The normalized spacial score (nSPS) is 35.4. The Bertz CT molecular complexity index is 493. The van der Waals surface area contributed by atoms with E-state index in [-0.39, 0.29) is 17.8 Å². The summed E-state index contributed by atoms with van der Waals surface area (Å²) in [5.41, 5.74) is 0. The van der Waals surface area contributed by atoms with E-state index in [1.165, 1.54) is 0 Å². The van der Waals surface area contributed by atoms with Crippen molar-refractivity contribution in [2.75, 3.05) is 0 Å². The van der Waals surface area contributed by atoms with Crippen LogP contribution in [-0.2, 0) is 19.1 Å². The third-order valence-electron chi connectivity index (χ3n) is 6.08. The molecule has 6 nitrogen and oxygen atoms in total. The zero-order chi connectivity index (χ0) is 20.2. The summed E-state index contributed by atoms with van der Waals surface area (Å²) in [6.45, 7) is 12.5. The van der Waals surface area contributed by atoms with Gasteiger partial charge in [-0.3, -0.25) is 9.59 Å². The molecule has 0 aromatic carbocycles. The Morgan fingerprint density at radius 3 is 2.19 bits per heavy atom. The van der Waals surface area contributed by atoms with E-state index in [1.54, 1.807) is 20.8 Å². The van der Waals surface area contributed by atoms with Crippen molar-refractivity contribution >= 4 is 11.8 Å². The van der Waals surface area contributed by atoms with Crippen LogP contribution in [0.5, 0.6) is 0 Å². The number of rotatable bonds is 8. The summed E-state index contributed by atoms with van der Waals surface area (Å²) in [4.78, 5) is 24.5. The van der Waals surface area contributed by atoms with Crippen molar-refractivity contribution < 1.29 is 29.3 Å². The van der Waals surface area contributed by atoms with Gasteiger partial charge >= 0.3 is 5.97 Å². The Morgan fingerprint density at radius 1 is 1.15 bits per heavy atom. The van der Waals surface area contributed by atoms with Gasteiger partial charge in [0.25, 0.3) is 0 Å². The van der Waals surface area contributed by atoms with E-state index >= 15 is 0 Å². The Labute approximate surface area is 157 Å². The van der Waals surface area contributed by atoms with Crippen LogP contribution >= 0.6 is 0 Å². The lowest BCUT2D eigenvalue weighted by Gasteiger charge is -2.49. The molecule has 1 aliphatic rings. The molecule has 0 saturated carbocycles. The zero-order valence-electron chi connectivity index (χ0n) is 17.2. The third kappa shape index (κ3) is 4.65. The van der Waals surface area contributed by atoms with Gasteiger partial charge in [-0.15, -0.1) is 0 Å². The molecule has 1 fully saturated rings. The van der Waals surface area contributed by atoms with Gasteiger partial charge < -0.3 is 19.7 Å². The second-order valence-corrected chi connectivity index (χ2v) is 7.70. The molecule has 1 saturated heterocycles. The molecule has 8 atom stereocenters. The van der Waals surface area contributed by atoms with Gasteiger partial charge in [0.2, 0.25) is 0 Å². The number of carbonyl (C=O) groups excluding carboxylic acids is 2. The third-order valence-corrected chi connectivity index (χ3v) is 6.08. The van der Waals surface area contributed by atoms with E-state index in [9.17, 15) is 19.8 Å². The largest absolute Gasteiger partial charge is 0.461 e. The van der Waals surface area contributed by atoms with E-state index in [4.69, 9.17) is 9.47 Å². The maximum Gasteiger partial charge on any atom is 0.311 e. The molecule has 6 heteroatoms. The summed E-state index contributed by atoms with van der Waals surface area (Å²) in [5, 5.41) is 21.2. The van der Waals surface area contributed by atoms with Crippen LogP contribution < -0.4 is 0 Å². The first-order valence-corrected chi connectivity index (χ1v) is 9.85. The fourth-order valence-electron chi connectivity index (χ4n) is 3.80. The fourth-order valence-corrected chi connectivity index (χ4v) is 3.80.